The van der Waals surface area contributed by atoms with Gasteiger partial charge in [-0.25, -0.2) is 21.6 Å². The third kappa shape index (κ3) is 4.66. The minimum Gasteiger partial charge on any atom is -0.258 e. The lowest BCUT2D eigenvalue weighted by atomic mass is 10.4. The molecule has 114 valence electrons. The molecule has 1 rings (SSSR count). The minimum absolute atomic E-state index is 0.258. The summed E-state index contributed by atoms with van der Waals surface area (Å²) in [5.74, 6) is -0.382. The van der Waals surface area contributed by atoms with Gasteiger partial charge in [0.15, 0.2) is 4.34 Å². The summed E-state index contributed by atoms with van der Waals surface area (Å²) in [7, 11) is -7.40. The average molecular weight is 363 g/mol. The molecule has 0 aromatic carbocycles. The van der Waals surface area contributed by atoms with Gasteiger partial charge in [-0.1, -0.05) is 11.6 Å². The molecule has 1 aromatic heterocycles. The third-order valence-corrected chi connectivity index (χ3v) is 6.52. The van der Waals surface area contributed by atoms with Crippen LogP contribution in [-0.4, -0.2) is 39.8 Å². The van der Waals surface area contributed by atoms with Gasteiger partial charge in [-0.05, 0) is 6.92 Å². The van der Waals surface area contributed by atoms with Crippen molar-refractivity contribution in [3.63, 3.8) is 0 Å². The Morgan fingerprint density at radius 3 is 2.40 bits per heavy atom. The number of halogens is 1. The monoisotopic (exact) mass is 362 g/mol. The predicted molar refractivity (Wildman–Crippen MR) is 75.5 cm³/mol. The summed E-state index contributed by atoms with van der Waals surface area (Å²) in [6, 6.07) is -0.0300. The maximum absolute atomic E-state index is 11.9. The van der Waals surface area contributed by atoms with E-state index in [1.54, 1.807) is 0 Å². The number of sulfonamides is 1. The summed E-state index contributed by atoms with van der Waals surface area (Å²) < 4.78 is 47.6. The fraction of sp³-hybridized carbons (Fsp3) is 0.500. The zero-order chi connectivity index (χ0) is 15.7. The molecule has 0 aliphatic rings. The van der Waals surface area contributed by atoms with Gasteiger partial charge >= 0.3 is 0 Å². The Balaban J connectivity index is 3.00. The first-order valence-corrected chi connectivity index (χ1v) is 9.80. The fourth-order valence-corrected chi connectivity index (χ4v) is 5.43. The highest BCUT2D eigenvalue weighted by atomic mass is 35.5. The van der Waals surface area contributed by atoms with Crippen molar-refractivity contribution in [2.24, 2.45) is 0 Å². The maximum atomic E-state index is 11.9. The zero-order valence-corrected chi connectivity index (χ0v) is 13.6. The highest BCUT2D eigenvalue weighted by Gasteiger charge is 2.27. The second-order valence-corrected chi connectivity index (χ2v) is 9.88. The van der Waals surface area contributed by atoms with Gasteiger partial charge in [0.25, 0.3) is 15.7 Å². The molecule has 0 radical (unpaired) electrons. The molecular formula is C8H11ClN2O6S3. The van der Waals surface area contributed by atoms with Crippen LogP contribution in [-0.2, 0) is 19.9 Å². The molecule has 1 atom stereocenters. The molecule has 1 unspecified atom stereocenters. The lowest BCUT2D eigenvalue weighted by Crippen LogP contribution is -2.36. The number of nitrogens with one attached hydrogen (secondary N) is 1. The van der Waals surface area contributed by atoms with Crippen molar-refractivity contribution in [1.29, 1.82) is 0 Å². The van der Waals surface area contributed by atoms with Gasteiger partial charge in [-0.15, -0.1) is 11.3 Å². The first-order valence-electron chi connectivity index (χ1n) is 5.06. The molecule has 0 saturated carbocycles. The molecule has 12 heteroatoms. The topological polar surface area (TPSA) is 123 Å². The van der Waals surface area contributed by atoms with Crippen LogP contribution in [0.3, 0.4) is 0 Å². The standard InChI is InChI=1S/C8H11ClN2O6S3/c1-5(4-19(2,14)15)10-20(16,17)7-3-6(11(12)13)8(9)18-7/h3,5,10H,4H2,1-2H3. The lowest BCUT2D eigenvalue weighted by Gasteiger charge is -2.11. The van der Waals surface area contributed by atoms with Crippen molar-refractivity contribution in [3.8, 4) is 0 Å². The molecule has 0 spiro atoms. The predicted octanol–water partition coefficient (Wildman–Crippen LogP) is 1.02. The van der Waals surface area contributed by atoms with Crippen molar-refractivity contribution >= 4 is 48.5 Å². The number of nitro groups is 1. The Morgan fingerprint density at radius 2 is 2.00 bits per heavy atom. The molecule has 8 nitrogen and oxygen atoms in total. The Kier molecular flexibility index (Phi) is 5.13. The van der Waals surface area contributed by atoms with E-state index >= 15 is 0 Å². The van der Waals surface area contributed by atoms with Gasteiger partial charge in [0, 0.05) is 18.4 Å². The van der Waals surface area contributed by atoms with E-state index in [2.05, 4.69) is 4.72 Å². The van der Waals surface area contributed by atoms with Crippen molar-refractivity contribution in [2.75, 3.05) is 12.0 Å². The molecule has 0 aliphatic carbocycles. The Hall–Kier alpha value is -0.750. The number of hydrogen-bond acceptors (Lipinski definition) is 7. The van der Waals surface area contributed by atoms with Crippen LogP contribution in [0.4, 0.5) is 5.69 Å². The van der Waals surface area contributed by atoms with E-state index in [0.29, 0.717) is 11.3 Å². The molecule has 0 aliphatic heterocycles. The first kappa shape index (κ1) is 17.3. The molecule has 1 aromatic rings. The van der Waals surface area contributed by atoms with Crippen LogP contribution in [0.15, 0.2) is 10.3 Å². The van der Waals surface area contributed by atoms with Gasteiger partial charge < -0.3 is 0 Å². The van der Waals surface area contributed by atoms with Crippen LogP contribution >= 0.6 is 22.9 Å². The zero-order valence-electron chi connectivity index (χ0n) is 10.4. The van der Waals surface area contributed by atoms with Crippen LogP contribution in [0.25, 0.3) is 0 Å². The Labute approximate surface area is 124 Å². The fourth-order valence-electron chi connectivity index (χ4n) is 1.41. The number of nitrogens with zero attached hydrogens (tertiary/aromatic N) is 1. The van der Waals surface area contributed by atoms with Crippen LogP contribution in [0, 0.1) is 10.1 Å². The second kappa shape index (κ2) is 5.93. The van der Waals surface area contributed by atoms with Crippen LogP contribution < -0.4 is 4.72 Å². The summed E-state index contributed by atoms with van der Waals surface area (Å²) in [4.78, 5) is 9.81. The summed E-state index contributed by atoms with van der Waals surface area (Å²) in [6.07, 6.45) is 0.977. The molecular weight excluding hydrogens is 352 g/mol. The summed E-state index contributed by atoms with van der Waals surface area (Å²) in [5.41, 5.74) is -0.507. The van der Waals surface area contributed by atoms with Gasteiger partial charge in [-0.2, -0.15) is 0 Å². The van der Waals surface area contributed by atoms with Gasteiger partial charge in [-0.3, -0.25) is 10.1 Å². The van der Waals surface area contributed by atoms with Crippen molar-refractivity contribution in [2.45, 2.75) is 17.2 Å². The highest BCUT2D eigenvalue weighted by Crippen LogP contribution is 2.36. The van der Waals surface area contributed by atoms with Crippen LogP contribution in [0.2, 0.25) is 4.34 Å². The van der Waals surface area contributed by atoms with E-state index in [9.17, 15) is 26.9 Å². The number of hydrogen-bond donors (Lipinski definition) is 1. The van der Waals surface area contributed by atoms with Gasteiger partial charge in [0.2, 0.25) is 0 Å². The number of rotatable bonds is 6. The largest absolute Gasteiger partial charge is 0.300 e. The van der Waals surface area contributed by atoms with E-state index in [1.807, 2.05) is 0 Å². The SMILES string of the molecule is CC(CS(C)(=O)=O)NS(=O)(=O)c1cc([N+](=O)[O-])c(Cl)s1. The Morgan fingerprint density at radius 1 is 1.45 bits per heavy atom. The molecule has 0 bridgehead atoms. The molecule has 0 amide bonds. The normalized spacial score (nSPS) is 14.2. The van der Waals surface area contributed by atoms with E-state index < -0.39 is 36.5 Å². The summed E-state index contributed by atoms with van der Waals surface area (Å²) in [5, 5.41) is 10.6. The van der Waals surface area contributed by atoms with E-state index in [1.165, 1.54) is 6.92 Å². The van der Waals surface area contributed by atoms with Crippen LogP contribution in [0.5, 0.6) is 0 Å². The average Bonchev–Trinajstić information content (AvgIpc) is 2.56. The van der Waals surface area contributed by atoms with E-state index in [4.69, 9.17) is 11.6 Å². The van der Waals surface area contributed by atoms with E-state index in [-0.39, 0.29) is 14.3 Å². The van der Waals surface area contributed by atoms with Gasteiger partial charge in [0.05, 0.1) is 10.7 Å². The Bertz CT molecular complexity index is 723. The highest BCUT2D eigenvalue weighted by molar-refractivity contribution is 7.92. The maximum Gasteiger partial charge on any atom is 0.300 e. The number of thiophene rings is 1. The summed E-state index contributed by atoms with van der Waals surface area (Å²) >= 11 is 6.11. The third-order valence-electron chi connectivity index (χ3n) is 2.02. The molecule has 1 heterocycles. The summed E-state index contributed by atoms with van der Waals surface area (Å²) in [6.45, 7) is 1.38. The van der Waals surface area contributed by atoms with Crippen molar-refractivity contribution in [3.05, 3.63) is 20.5 Å². The van der Waals surface area contributed by atoms with E-state index in [0.717, 1.165) is 12.3 Å². The molecule has 1 N–H and O–H groups in total. The quantitative estimate of drug-likeness (QED) is 0.595. The van der Waals surface area contributed by atoms with Crippen molar-refractivity contribution in [1.82, 2.24) is 4.72 Å². The lowest BCUT2D eigenvalue weighted by molar-refractivity contribution is -0.384. The second-order valence-electron chi connectivity index (χ2n) is 4.10. The number of sulfone groups is 1. The molecule has 20 heavy (non-hydrogen) atoms. The first-order chi connectivity index (χ1) is 8.92. The molecule has 0 saturated heterocycles. The van der Waals surface area contributed by atoms with Crippen molar-refractivity contribution < 1.29 is 21.8 Å². The van der Waals surface area contributed by atoms with Crippen LogP contribution in [0.1, 0.15) is 6.92 Å². The molecule has 0 fully saturated rings. The van der Waals surface area contributed by atoms with Gasteiger partial charge in [0.1, 0.15) is 14.0 Å². The smallest absolute Gasteiger partial charge is 0.258 e. The minimum atomic E-state index is -4.05.